The lowest BCUT2D eigenvalue weighted by Gasteiger charge is -2.01. The van der Waals surface area contributed by atoms with Crippen LogP contribution in [0.2, 0.25) is 0 Å². The van der Waals surface area contributed by atoms with Gasteiger partial charge in [-0.25, -0.2) is 0 Å². The molecular formula is C4H7O2Si. The second-order valence-corrected chi connectivity index (χ2v) is 1.11. The lowest BCUT2D eigenvalue weighted by Crippen LogP contribution is -1.91. The summed E-state index contributed by atoms with van der Waals surface area (Å²) in [4.78, 5) is 0. The van der Waals surface area contributed by atoms with Crippen molar-refractivity contribution in [1.82, 2.24) is 0 Å². The van der Waals surface area contributed by atoms with E-state index in [0.717, 1.165) is 0 Å². The Labute approximate surface area is 46.7 Å². The summed E-state index contributed by atoms with van der Waals surface area (Å²) in [5.41, 5.74) is 0. The van der Waals surface area contributed by atoms with E-state index >= 15 is 0 Å². The maximum Gasteiger partial charge on any atom is 0.345 e. The molecule has 0 unspecified atom stereocenters. The Balaban J connectivity index is 3.00. The average molecular weight is 115 g/mol. The Hall–Kier alpha value is -0.443. The van der Waals surface area contributed by atoms with Crippen molar-refractivity contribution in [2.75, 3.05) is 6.61 Å². The second kappa shape index (κ2) is 3.74. The van der Waals surface area contributed by atoms with E-state index in [2.05, 4.69) is 21.5 Å². The summed E-state index contributed by atoms with van der Waals surface area (Å²) < 4.78 is 9.11. The van der Waals surface area contributed by atoms with E-state index in [1.165, 1.54) is 0 Å². The molecule has 0 aliphatic carbocycles. The van der Waals surface area contributed by atoms with Gasteiger partial charge < -0.3 is 9.16 Å². The molecule has 0 aromatic rings. The van der Waals surface area contributed by atoms with Crippen molar-refractivity contribution in [1.29, 1.82) is 0 Å². The molecule has 0 aromatic carbocycles. The van der Waals surface area contributed by atoms with E-state index in [0.29, 0.717) is 12.6 Å². The lowest BCUT2D eigenvalue weighted by molar-refractivity contribution is 0.125. The van der Waals surface area contributed by atoms with Gasteiger partial charge in [0, 0.05) is 0 Å². The highest BCUT2D eigenvalue weighted by Crippen LogP contribution is 1.89. The van der Waals surface area contributed by atoms with E-state index in [1.807, 2.05) is 6.92 Å². The second-order valence-electron chi connectivity index (χ2n) is 0.907. The van der Waals surface area contributed by atoms with E-state index < -0.39 is 0 Å². The fourth-order valence-electron chi connectivity index (χ4n) is 0.190. The Bertz CT molecular complexity index is 62.7. The molecule has 0 amide bonds. The van der Waals surface area contributed by atoms with Crippen LogP contribution in [0.5, 0.6) is 0 Å². The van der Waals surface area contributed by atoms with Gasteiger partial charge in [-0.15, -0.1) is 0 Å². The number of hydrogen-bond donors (Lipinski definition) is 0. The Kier molecular flexibility index (Phi) is 3.50. The van der Waals surface area contributed by atoms with Crippen molar-refractivity contribution in [3.8, 4) is 0 Å². The molecule has 0 N–H and O–H groups in total. The highest BCUT2D eigenvalue weighted by atomic mass is 28.2. The van der Waals surface area contributed by atoms with Gasteiger partial charge in [0.2, 0.25) is 0 Å². The predicted octanol–water partition coefficient (Wildman–Crippen LogP) is 0.594. The SMILES string of the molecule is C=C(O[Si])OCC. The molecule has 3 heteroatoms. The first-order chi connectivity index (χ1) is 3.31. The highest BCUT2D eigenvalue weighted by Gasteiger charge is 1.82. The summed E-state index contributed by atoms with van der Waals surface area (Å²) in [5, 5.41) is 0. The van der Waals surface area contributed by atoms with Gasteiger partial charge in [-0.1, -0.05) is 0 Å². The molecule has 0 aromatic heterocycles. The molecule has 0 rings (SSSR count). The van der Waals surface area contributed by atoms with Crippen LogP contribution in [0.4, 0.5) is 0 Å². The summed E-state index contributed by atoms with van der Waals surface area (Å²) in [6.45, 7) is 5.81. The molecule has 0 saturated carbocycles. The zero-order chi connectivity index (χ0) is 5.70. The molecular weight excluding hydrogens is 108 g/mol. The third-order valence-electron chi connectivity index (χ3n) is 0.419. The van der Waals surface area contributed by atoms with Gasteiger partial charge in [0.15, 0.2) is 0 Å². The fraction of sp³-hybridized carbons (Fsp3) is 0.500. The molecule has 0 spiro atoms. The van der Waals surface area contributed by atoms with Crippen molar-refractivity contribution in [3.05, 3.63) is 12.5 Å². The minimum Gasteiger partial charge on any atom is -0.516 e. The monoisotopic (exact) mass is 115 g/mol. The molecule has 0 aliphatic rings. The van der Waals surface area contributed by atoms with Crippen LogP contribution in [0.3, 0.4) is 0 Å². The topological polar surface area (TPSA) is 18.5 Å². The minimum atomic E-state index is 0.291. The molecule has 0 bridgehead atoms. The van der Waals surface area contributed by atoms with E-state index in [-0.39, 0.29) is 0 Å². The van der Waals surface area contributed by atoms with Crippen molar-refractivity contribution in [2.24, 2.45) is 0 Å². The predicted molar refractivity (Wildman–Crippen MR) is 27.6 cm³/mol. The van der Waals surface area contributed by atoms with Gasteiger partial charge in [0.1, 0.15) is 0 Å². The van der Waals surface area contributed by atoms with Gasteiger partial charge in [0.25, 0.3) is 5.95 Å². The van der Waals surface area contributed by atoms with Gasteiger partial charge in [-0.2, -0.15) is 0 Å². The van der Waals surface area contributed by atoms with Crippen molar-refractivity contribution >= 4 is 10.5 Å². The van der Waals surface area contributed by atoms with Gasteiger partial charge in [-0.3, -0.25) is 0 Å². The molecule has 39 valence electrons. The number of rotatable bonds is 3. The zero-order valence-corrected chi connectivity index (χ0v) is 5.23. The van der Waals surface area contributed by atoms with E-state index in [1.54, 1.807) is 0 Å². The van der Waals surface area contributed by atoms with Crippen molar-refractivity contribution in [2.45, 2.75) is 6.92 Å². The lowest BCUT2D eigenvalue weighted by atomic mass is 10.8. The first-order valence-electron chi connectivity index (χ1n) is 1.96. The first kappa shape index (κ1) is 6.56. The summed E-state index contributed by atoms with van der Waals surface area (Å²) in [5.74, 6) is 0.291. The van der Waals surface area contributed by atoms with Crippen LogP contribution in [0, 0.1) is 0 Å². The summed E-state index contributed by atoms with van der Waals surface area (Å²) >= 11 is 0. The quantitative estimate of drug-likeness (QED) is 0.396. The summed E-state index contributed by atoms with van der Waals surface area (Å²) in [6, 6.07) is 0. The molecule has 2 nitrogen and oxygen atoms in total. The van der Waals surface area contributed by atoms with Crippen molar-refractivity contribution in [3.63, 3.8) is 0 Å². The van der Waals surface area contributed by atoms with Crippen LogP contribution in [0.25, 0.3) is 0 Å². The maximum atomic E-state index is 4.73. The molecule has 0 fully saturated rings. The van der Waals surface area contributed by atoms with Gasteiger partial charge >= 0.3 is 10.5 Å². The molecule has 7 heavy (non-hydrogen) atoms. The first-order valence-corrected chi connectivity index (χ1v) is 2.37. The van der Waals surface area contributed by atoms with Crippen LogP contribution in [0.15, 0.2) is 12.5 Å². The largest absolute Gasteiger partial charge is 0.516 e. The summed E-state index contributed by atoms with van der Waals surface area (Å²) in [6.07, 6.45) is 0. The normalized spacial score (nSPS) is 7.71. The third-order valence-corrected chi connectivity index (χ3v) is 0.647. The van der Waals surface area contributed by atoms with Gasteiger partial charge in [0.05, 0.1) is 6.61 Å². The third kappa shape index (κ3) is 3.39. The van der Waals surface area contributed by atoms with E-state index in [9.17, 15) is 0 Å². The molecule has 0 saturated heterocycles. The van der Waals surface area contributed by atoms with Crippen LogP contribution in [-0.4, -0.2) is 17.1 Å². The van der Waals surface area contributed by atoms with E-state index in [4.69, 9.17) is 4.74 Å². The van der Waals surface area contributed by atoms with Crippen LogP contribution < -0.4 is 0 Å². The summed E-state index contributed by atoms with van der Waals surface area (Å²) in [7, 11) is 2.73. The number of ether oxygens (including phenoxy) is 1. The van der Waals surface area contributed by atoms with Crippen molar-refractivity contribution < 1.29 is 9.16 Å². The number of hydrogen-bond acceptors (Lipinski definition) is 2. The average Bonchev–Trinajstić information content (AvgIpc) is 1.68. The Morgan fingerprint density at radius 3 is 2.57 bits per heavy atom. The Morgan fingerprint density at radius 2 is 2.43 bits per heavy atom. The van der Waals surface area contributed by atoms with Crippen LogP contribution >= 0.6 is 0 Å². The highest BCUT2D eigenvalue weighted by molar-refractivity contribution is 5.98. The molecule has 0 atom stereocenters. The zero-order valence-electron chi connectivity index (χ0n) is 4.23. The molecule has 0 aliphatic heterocycles. The van der Waals surface area contributed by atoms with Gasteiger partial charge in [-0.05, 0) is 13.5 Å². The van der Waals surface area contributed by atoms with Crippen LogP contribution in [-0.2, 0) is 9.16 Å². The molecule has 0 heterocycles. The smallest absolute Gasteiger partial charge is 0.345 e. The minimum absolute atomic E-state index is 0.291. The van der Waals surface area contributed by atoms with Crippen LogP contribution in [0.1, 0.15) is 6.92 Å². The standard InChI is InChI=1S/C4H7O2Si/c1-3-5-4(2)6-7/h2-3H2,1H3. The Morgan fingerprint density at radius 1 is 1.86 bits per heavy atom. The maximum absolute atomic E-state index is 4.73. The fourth-order valence-corrected chi connectivity index (χ4v) is 0.249. The molecule has 3 radical (unpaired) electrons.